The van der Waals surface area contributed by atoms with Gasteiger partial charge in [0.2, 0.25) is 0 Å². The summed E-state index contributed by atoms with van der Waals surface area (Å²) in [7, 11) is 0. The molecule has 0 spiro atoms. The van der Waals surface area contributed by atoms with E-state index >= 15 is 0 Å². The van der Waals surface area contributed by atoms with Crippen molar-refractivity contribution in [3.8, 4) is 0 Å². The van der Waals surface area contributed by atoms with Gasteiger partial charge in [0.15, 0.2) is 0 Å². The molecule has 2 unspecified atom stereocenters. The molecule has 0 radical (unpaired) electrons. The van der Waals surface area contributed by atoms with E-state index in [0.29, 0.717) is 0 Å². The maximum absolute atomic E-state index is 10.8. The van der Waals surface area contributed by atoms with Gasteiger partial charge in [-0.15, -0.1) is 0 Å². The van der Waals surface area contributed by atoms with Gasteiger partial charge in [-0.3, -0.25) is 13.2 Å². The van der Waals surface area contributed by atoms with Gasteiger partial charge in [-0.05, 0) is 6.92 Å². The quantitative estimate of drug-likeness (QED) is 0.439. The van der Waals surface area contributed by atoms with Gasteiger partial charge in [-0.25, -0.2) is 0 Å². The van der Waals surface area contributed by atoms with Crippen LogP contribution in [-0.4, -0.2) is 27.1 Å². The minimum absolute atomic E-state index is 0.177. The normalized spacial score (nSPS) is 14.9. The molecule has 0 fully saturated rings. The first-order valence-corrected chi connectivity index (χ1v) is 4.63. The first kappa shape index (κ1) is 11.4. The second kappa shape index (κ2) is 4.45. The van der Waals surface area contributed by atoms with Gasteiger partial charge < -0.3 is 9.11 Å². The van der Waals surface area contributed by atoms with Gasteiger partial charge in [0.05, 0.1) is 22.5 Å². The van der Waals surface area contributed by atoms with Crippen molar-refractivity contribution in [2.75, 3.05) is 0 Å². The molecule has 0 aromatic heterocycles. The third-order valence-corrected chi connectivity index (χ3v) is 2.41. The van der Waals surface area contributed by atoms with Gasteiger partial charge in [-0.2, -0.15) is 3.71 Å². The molecule has 8 heteroatoms. The molecule has 6 nitrogen and oxygen atoms in total. The Balaban J connectivity index is 4.76. The molecular weight excluding hydrogens is 206 g/mol. The standard InChI is InChI=1S/C4H7NO5S2/c1-3(2)4(6)5(11(7)8)12(9)10/h1H2,2H3,(H,7,8)(H,9,10)/p-2. The number of amides is 1. The molecule has 0 aliphatic heterocycles. The van der Waals surface area contributed by atoms with Crippen LogP contribution in [0.4, 0.5) is 0 Å². The zero-order valence-corrected chi connectivity index (χ0v) is 7.65. The summed E-state index contributed by atoms with van der Waals surface area (Å²) in [6, 6.07) is 0. The Bertz CT molecular complexity index is 248. The number of hydrogen-bond acceptors (Lipinski definition) is 5. The predicted octanol–water partition coefficient (Wildman–Crippen LogP) is -1.02. The summed E-state index contributed by atoms with van der Waals surface area (Å²) in [5.41, 5.74) is -0.177. The second-order valence-corrected chi connectivity index (χ2v) is 3.61. The van der Waals surface area contributed by atoms with Crippen LogP contribution in [0.3, 0.4) is 0 Å². The van der Waals surface area contributed by atoms with Crippen molar-refractivity contribution in [2.24, 2.45) is 0 Å². The SMILES string of the molecule is C=C(C)C(=O)N(S(=O)[O-])S(=O)[O-]. The number of hydrogen-bond donors (Lipinski definition) is 0. The lowest BCUT2D eigenvalue weighted by atomic mass is 10.3. The maximum atomic E-state index is 10.8. The molecule has 2 atom stereocenters. The van der Waals surface area contributed by atoms with Crippen LogP contribution in [-0.2, 0) is 27.3 Å². The van der Waals surface area contributed by atoms with E-state index in [2.05, 4.69) is 6.58 Å². The van der Waals surface area contributed by atoms with Gasteiger partial charge in [0.25, 0.3) is 5.91 Å². The summed E-state index contributed by atoms with van der Waals surface area (Å²) >= 11 is -6.25. The molecule has 0 bridgehead atoms. The summed E-state index contributed by atoms with van der Waals surface area (Å²) in [4.78, 5) is 10.8. The summed E-state index contributed by atoms with van der Waals surface area (Å²) < 4.78 is 40.3. The summed E-state index contributed by atoms with van der Waals surface area (Å²) in [5.74, 6) is -1.17. The lowest BCUT2D eigenvalue weighted by Gasteiger charge is -2.25. The molecule has 12 heavy (non-hydrogen) atoms. The van der Waals surface area contributed by atoms with Crippen molar-refractivity contribution in [3.05, 3.63) is 12.2 Å². The highest BCUT2D eigenvalue weighted by atomic mass is 32.3. The van der Waals surface area contributed by atoms with Crippen molar-refractivity contribution >= 4 is 28.4 Å². The van der Waals surface area contributed by atoms with E-state index in [1.807, 2.05) is 0 Å². The van der Waals surface area contributed by atoms with Crippen molar-refractivity contribution in [1.29, 1.82) is 0 Å². The summed E-state index contributed by atoms with van der Waals surface area (Å²) in [5, 5.41) is 0. The molecule has 70 valence electrons. The zero-order valence-electron chi connectivity index (χ0n) is 6.01. The molecule has 0 saturated carbocycles. The number of carbonyl (C=O) groups is 1. The van der Waals surface area contributed by atoms with Crippen LogP contribution in [0.25, 0.3) is 0 Å². The van der Waals surface area contributed by atoms with Crippen molar-refractivity contribution in [2.45, 2.75) is 6.92 Å². The van der Waals surface area contributed by atoms with E-state index in [0.717, 1.165) is 0 Å². The minimum atomic E-state index is -3.12. The average Bonchev–Trinajstić information content (AvgIpc) is 1.85. The Morgan fingerprint density at radius 3 is 1.75 bits per heavy atom. The second-order valence-electron chi connectivity index (χ2n) is 1.78. The highest BCUT2D eigenvalue weighted by Crippen LogP contribution is 2.02. The Kier molecular flexibility index (Phi) is 4.24. The topological polar surface area (TPSA) is 101 Å². The van der Waals surface area contributed by atoms with E-state index in [4.69, 9.17) is 0 Å². The maximum Gasteiger partial charge on any atom is 0.271 e. The van der Waals surface area contributed by atoms with Crippen molar-refractivity contribution < 1.29 is 22.3 Å². The van der Waals surface area contributed by atoms with E-state index in [1.54, 1.807) is 0 Å². The van der Waals surface area contributed by atoms with Crippen molar-refractivity contribution in [3.63, 3.8) is 0 Å². The van der Waals surface area contributed by atoms with Crippen LogP contribution in [0, 0.1) is 0 Å². The summed E-state index contributed by atoms with van der Waals surface area (Å²) in [6.45, 7) is 4.31. The summed E-state index contributed by atoms with van der Waals surface area (Å²) in [6.07, 6.45) is 0. The van der Waals surface area contributed by atoms with Crippen molar-refractivity contribution in [1.82, 2.24) is 3.71 Å². The highest BCUT2D eigenvalue weighted by Gasteiger charge is 2.15. The monoisotopic (exact) mass is 211 g/mol. The van der Waals surface area contributed by atoms with Gasteiger partial charge in [-0.1, -0.05) is 6.58 Å². The average molecular weight is 211 g/mol. The smallest absolute Gasteiger partial charge is 0.271 e. The highest BCUT2D eigenvalue weighted by molar-refractivity contribution is 7.93. The first-order valence-electron chi connectivity index (χ1n) is 2.56. The Hall–Kier alpha value is -0.570. The molecule has 0 rings (SSSR count). The fraction of sp³-hybridized carbons (Fsp3) is 0.250. The number of rotatable bonds is 3. The van der Waals surface area contributed by atoms with E-state index in [-0.39, 0.29) is 9.28 Å². The zero-order chi connectivity index (χ0) is 9.89. The third kappa shape index (κ3) is 2.81. The number of nitrogens with zero attached hydrogens (tertiary/aromatic N) is 1. The number of carbonyl (C=O) groups excluding carboxylic acids is 1. The molecule has 0 aromatic carbocycles. The Morgan fingerprint density at radius 2 is 1.67 bits per heavy atom. The largest absolute Gasteiger partial charge is 0.754 e. The molecule has 1 amide bonds. The molecule has 0 aliphatic carbocycles. The van der Waals surface area contributed by atoms with Gasteiger partial charge in [0.1, 0.15) is 0 Å². The van der Waals surface area contributed by atoms with Crippen LogP contribution in [0.1, 0.15) is 6.92 Å². The van der Waals surface area contributed by atoms with Crippen LogP contribution >= 0.6 is 0 Å². The van der Waals surface area contributed by atoms with Crippen LogP contribution < -0.4 is 0 Å². The lowest BCUT2D eigenvalue weighted by Crippen LogP contribution is -2.34. The van der Waals surface area contributed by atoms with Crippen LogP contribution in [0.15, 0.2) is 12.2 Å². The first-order chi connectivity index (χ1) is 5.37. The molecule has 0 heterocycles. The van der Waals surface area contributed by atoms with E-state index < -0.39 is 28.4 Å². The fourth-order valence-electron chi connectivity index (χ4n) is 0.341. The molecule has 0 saturated heterocycles. The Morgan fingerprint density at radius 1 is 1.33 bits per heavy atom. The predicted molar refractivity (Wildman–Crippen MR) is 39.5 cm³/mol. The molecular formula is C4H5NO5S2-2. The minimum Gasteiger partial charge on any atom is -0.754 e. The van der Waals surface area contributed by atoms with Gasteiger partial charge in [0, 0.05) is 5.57 Å². The van der Waals surface area contributed by atoms with Crippen LogP contribution in [0.5, 0.6) is 0 Å². The fourth-order valence-corrected chi connectivity index (χ4v) is 1.32. The van der Waals surface area contributed by atoms with Crippen LogP contribution in [0.2, 0.25) is 0 Å². The third-order valence-electron chi connectivity index (χ3n) is 0.802. The van der Waals surface area contributed by atoms with E-state index in [9.17, 15) is 22.3 Å². The lowest BCUT2D eigenvalue weighted by molar-refractivity contribution is -0.119. The molecule has 0 aromatic rings. The van der Waals surface area contributed by atoms with Gasteiger partial charge >= 0.3 is 0 Å². The van der Waals surface area contributed by atoms with E-state index in [1.165, 1.54) is 6.92 Å². The molecule has 0 aliphatic rings. The molecule has 0 N–H and O–H groups in total. The Labute approximate surface area is 74.1 Å².